The molecule has 5 heteroatoms. The highest BCUT2D eigenvalue weighted by molar-refractivity contribution is 9.10. The second-order valence-corrected chi connectivity index (χ2v) is 5.97. The van der Waals surface area contributed by atoms with Crippen LogP contribution in [0.1, 0.15) is 23.7 Å². The van der Waals surface area contributed by atoms with E-state index in [1.165, 1.54) is 0 Å². The second kappa shape index (κ2) is 3.48. The highest BCUT2D eigenvalue weighted by atomic mass is 79.9. The maximum atomic E-state index is 5.89. The Morgan fingerprint density at radius 1 is 1.37 bits per heavy atom. The topological polar surface area (TPSA) is 44.2 Å². The zero-order chi connectivity index (χ0) is 13.2. The van der Waals surface area contributed by atoms with Crippen molar-refractivity contribution in [1.82, 2.24) is 9.97 Å². The fourth-order valence-corrected chi connectivity index (χ4v) is 3.11. The number of hydrogen-bond donors (Lipinski definition) is 0. The molecule has 96 valence electrons. The standard InChI is InChI=1S/C14H11BrN2O2/c1-7-3-4-8-10-11(7)18-6-14(10,2)12-13(19-8)16-5-9(15)17-12/h3-5H,6H2,1-2H3. The lowest BCUT2D eigenvalue weighted by Gasteiger charge is -2.29. The summed E-state index contributed by atoms with van der Waals surface area (Å²) in [5.74, 6) is 2.32. The second-order valence-electron chi connectivity index (χ2n) is 5.15. The predicted octanol–water partition coefficient (Wildman–Crippen LogP) is 3.35. The van der Waals surface area contributed by atoms with Gasteiger partial charge >= 0.3 is 0 Å². The summed E-state index contributed by atoms with van der Waals surface area (Å²) < 4.78 is 12.5. The molecule has 0 saturated carbocycles. The summed E-state index contributed by atoms with van der Waals surface area (Å²) in [5.41, 5.74) is 2.75. The minimum absolute atomic E-state index is 0.291. The van der Waals surface area contributed by atoms with Crippen LogP contribution in [0.4, 0.5) is 0 Å². The van der Waals surface area contributed by atoms with Crippen molar-refractivity contribution < 1.29 is 9.47 Å². The van der Waals surface area contributed by atoms with Crippen molar-refractivity contribution in [2.75, 3.05) is 6.61 Å². The Morgan fingerprint density at radius 2 is 2.21 bits per heavy atom. The summed E-state index contributed by atoms with van der Waals surface area (Å²) in [6, 6.07) is 3.99. The van der Waals surface area contributed by atoms with Crippen LogP contribution in [0.25, 0.3) is 0 Å². The van der Waals surface area contributed by atoms with Crippen LogP contribution in [0.5, 0.6) is 17.4 Å². The molecule has 4 nitrogen and oxygen atoms in total. The Balaban J connectivity index is 2.06. The summed E-state index contributed by atoms with van der Waals surface area (Å²) in [6.07, 6.45) is 1.65. The first-order valence-corrected chi connectivity index (χ1v) is 6.86. The first kappa shape index (κ1) is 11.2. The Kier molecular flexibility index (Phi) is 2.05. The largest absolute Gasteiger partial charge is 0.492 e. The molecular formula is C14H11BrN2O2. The third-order valence-electron chi connectivity index (χ3n) is 3.81. The molecule has 0 bridgehead atoms. The fourth-order valence-electron chi connectivity index (χ4n) is 2.83. The molecule has 0 fully saturated rings. The number of benzene rings is 1. The molecule has 0 spiro atoms. The summed E-state index contributed by atoms with van der Waals surface area (Å²) in [4.78, 5) is 8.87. The van der Waals surface area contributed by atoms with E-state index in [0.29, 0.717) is 17.1 Å². The quantitative estimate of drug-likeness (QED) is 0.747. The van der Waals surface area contributed by atoms with Crippen molar-refractivity contribution in [1.29, 1.82) is 0 Å². The van der Waals surface area contributed by atoms with Gasteiger partial charge in [-0.3, -0.25) is 0 Å². The lowest BCUT2D eigenvalue weighted by Crippen LogP contribution is -2.30. The minimum atomic E-state index is -0.291. The lowest BCUT2D eigenvalue weighted by atomic mass is 9.79. The number of halogens is 1. The van der Waals surface area contributed by atoms with Crippen molar-refractivity contribution in [3.05, 3.63) is 39.8 Å². The summed E-state index contributed by atoms with van der Waals surface area (Å²) in [7, 11) is 0. The molecule has 3 heterocycles. The number of aryl methyl sites for hydroxylation is 1. The lowest BCUT2D eigenvalue weighted by molar-refractivity contribution is 0.286. The van der Waals surface area contributed by atoms with Gasteiger partial charge in [-0.25, -0.2) is 9.97 Å². The molecule has 19 heavy (non-hydrogen) atoms. The molecule has 0 amide bonds. The van der Waals surface area contributed by atoms with Crippen LogP contribution in [0.3, 0.4) is 0 Å². The molecule has 0 aliphatic carbocycles. The molecule has 4 rings (SSSR count). The van der Waals surface area contributed by atoms with E-state index in [4.69, 9.17) is 9.47 Å². The van der Waals surface area contributed by atoms with Gasteiger partial charge < -0.3 is 9.47 Å². The van der Waals surface area contributed by atoms with E-state index in [9.17, 15) is 0 Å². The molecule has 1 aromatic carbocycles. The summed E-state index contributed by atoms with van der Waals surface area (Å²) in [6.45, 7) is 4.75. The van der Waals surface area contributed by atoms with Gasteiger partial charge in [0.1, 0.15) is 28.4 Å². The van der Waals surface area contributed by atoms with Crippen LogP contribution in [-0.4, -0.2) is 16.6 Å². The predicted molar refractivity (Wildman–Crippen MR) is 72.9 cm³/mol. The van der Waals surface area contributed by atoms with E-state index in [1.54, 1.807) is 6.20 Å². The third-order valence-corrected chi connectivity index (χ3v) is 4.19. The van der Waals surface area contributed by atoms with Gasteiger partial charge in [0.25, 0.3) is 0 Å². The monoisotopic (exact) mass is 318 g/mol. The van der Waals surface area contributed by atoms with Crippen LogP contribution in [0, 0.1) is 6.92 Å². The van der Waals surface area contributed by atoms with E-state index in [-0.39, 0.29) is 5.41 Å². The summed E-state index contributed by atoms with van der Waals surface area (Å²) in [5, 5.41) is 0. The Labute approximate surface area is 118 Å². The number of fused-ring (bicyclic) bond motifs is 2. The van der Waals surface area contributed by atoms with Crippen molar-refractivity contribution in [2.45, 2.75) is 19.3 Å². The number of hydrogen-bond acceptors (Lipinski definition) is 4. The Bertz CT molecular complexity index is 717. The zero-order valence-corrected chi connectivity index (χ0v) is 12.1. The Hall–Kier alpha value is -1.62. The maximum Gasteiger partial charge on any atom is 0.242 e. The minimum Gasteiger partial charge on any atom is -0.492 e. The average molecular weight is 319 g/mol. The van der Waals surface area contributed by atoms with E-state index >= 15 is 0 Å². The number of aromatic nitrogens is 2. The third kappa shape index (κ3) is 1.33. The molecule has 0 N–H and O–H groups in total. The van der Waals surface area contributed by atoms with E-state index in [2.05, 4.69) is 32.8 Å². The highest BCUT2D eigenvalue weighted by Crippen LogP contribution is 2.54. The molecule has 0 radical (unpaired) electrons. The van der Waals surface area contributed by atoms with Crippen LogP contribution in [0.15, 0.2) is 22.9 Å². The molecule has 0 saturated heterocycles. The number of ether oxygens (including phenoxy) is 2. The van der Waals surface area contributed by atoms with E-state index in [1.807, 2.05) is 19.1 Å². The van der Waals surface area contributed by atoms with Gasteiger partial charge in [-0.2, -0.15) is 0 Å². The van der Waals surface area contributed by atoms with Crippen LogP contribution in [-0.2, 0) is 5.41 Å². The zero-order valence-electron chi connectivity index (χ0n) is 10.5. The first-order chi connectivity index (χ1) is 9.09. The van der Waals surface area contributed by atoms with Gasteiger partial charge in [-0.15, -0.1) is 0 Å². The van der Waals surface area contributed by atoms with Gasteiger partial charge in [0, 0.05) is 0 Å². The number of rotatable bonds is 0. The van der Waals surface area contributed by atoms with Gasteiger partial charge in [-0.05, 0) is 41.4 Å². The normalized spacial score (nSPS) is 22.3. The average Bonchev–Trinajstić information content (AvgIpc) is 2.75. The van der Waals surface area contributed by atoms with Crippen molar-refractivity contribution in [2.24, 2.45) is 0 Å². The molecule has 2 aliphatic rings. The molecule has 2 aromatic rings. The van der Waals surface area contributed by atoms with E-state index < -0.39 is 0 Å². The molecule has 1 aromatic heterocycles. The molecule has 1 unspecified atom stereocenters. The van der Waals surface area contributed by atoms with Gasteiger partial charge in [0.2, 0.25) is 5.88 Å². The van der Waals surface area contributed by atoms with Gasteiger partial charge in [-0.1, -0.05) is 6.07 Å². The molecule has 1 atom stereocenters. The SMILES string of the molecule is Cc1ccc2c3c1OCC3(C)c1nc(Br)cnc1O2. The van der Waals surface area contributed by atoms with E-state index in [0.717, 1.165) is 28.3 Å². The van der Waals surface area contributed by atoms with Crippen molar-refractivity contribution >= 4 is 15.9 Å². The fraction of sp³-hybridized carbons (Fsp3) is 0.286. The Morgan fingerprint density at radius 3 is 3.05 bits per heavy atom. The van der Waals surface area contributed by atoms with Crippen LogP contribution < -0.4 is 9.47 Å². The van der Waals surface area contributed by atoms with Gasteiger partial charge in [0.05, 0.1) is 17.2 Å². The van der Waals surface area contributed by atoms with Crippen LogP contribution in [0.2, 0.25) is 0 Å². The van der Waals surface area contributed by atoms with Gasteiger partial charge in [0.15, 0.2) is 0 Å². The number of nitrogens with zero attached hydrogens (tertiary/aromatic N) is 2. The molecular weight excluding hydrogens is 308 g/mol. The highest BCUT2D eigenvalue weighted by Gasteiger charge is 2.48. The van der Waals surface area contributed by atoms with Crippen LogP contribution >= 0.6 is 15.9 Å². The van der Waals surface area contributed by atoms with Crippen molar-refractivity contribution in [3.63, 3.8) is 0 Å². The maximum absolute atomic E-state index is 5.89. The smallest absolute Gasteiger partial charge is 0.242 e. The summed E-state index contributed by atoms with van der Waals surface area (Å²) >= 11 is 3.37. The first-order valence-electron chi connectivity index (χ1n) is 6.07. The molecule has 2 aliphatic heterocycles. The van der Waals surface area contributed by atoms with Crippen molar-refractivity contribution in [3.8, 4) is 17.4 Å².